The predicted octanol–water partition coefficient (Wildman–Crippen LogP) is 5.13. The van der Waals surface area contributed by atoms with E-state index in [1.165, 1.54) is 24.8 Å². The van der Waals surface area contributed by atoms with Crippen LogP contribution < -0.4 is 0 Å². The van der Waals surface area contributed by atoms with Gasteiger partial charge in [-0.05, 0) is 65.3 Å². The molecule has 0 saturated heterocycles. The highest BCUT2D eigenvalue weighted by molar-refractivity contribution is 6.06. The number of hydrogen-bond acceptors (Lipinski definition) is 2. The van der Waals surface area contributed by atoms with Crippen LogP contribution >= 0.6 is 0 Å². The molecule has 4 saturated carbocycles. The molecule has 122 valence electrons. The van der Waals surface area contributed by atoms with Gasteiger partial charge in [0, 0.05) is 5.92 Å². The summed E-state index contributed by atoms with van der Waals surface area (Å²) in [4.78, 5) is 0. The van der Waals surface area contributed by atoms with Crippen molar-refractivity contribution in [2.75, 3.05) is 0 Å². The Labute approximate surface area is 135 Å². The summed E-state index contributed by atoms with van der Waals surface area (Å²) >= 11 is 0. The van der Waals surface area contributed by atoms with Crippen LogP contribution in [0.1, 0.15) is 60.8 Å². The molecule has 0 heterocycles. The zero-order valence-corrected chi connectivity index (χ0v) is 15.0. The van der Waals surface area contributed by atoms with E-state index in [9.17, 15) is 5.21 Å². The van der Waals surface area contributed by atoms with Crippen molar-refractivity contribution in [2.45, 2.75) is 60.8 Å². The topological polar surface area (TPSA) is 32.6 Å². The third-order valence-corrected chi connectivity index (χ3v) is 8.88. The van der Waals surface area contributed by atoms with E-state index in [1.807, 2.05) is 0 Å². The molecule has 1 N–H and O–H groups in total. The minimum absolute atomic E-state index is 0.349. The van der Waals surface area contributed by atoms with Gasteiger partial charge in [-0.15, -0.1) is 0 Å². The van der Waals surface area contributed by atoms with Gasteiger partial charge < -0.3 is 5.21 Å². The molecule has 2 heteroatoms. The fraction of sp³-hybridized carbons (Fsp3) is 0.850. The summed E-state index contributed by atoms with van der Waals surface area (Å²) in [7, 11) is 0. The summed E-state index contributed by atoms with van der Waals surface area (Å²) in [5.41, 5.74) is 5.06. The maximum absolute atomic E-state index is 9.70. The van der Waals surface area contributed by atoms with E-state index in [0.717, 1.165) is 23.5 Å². The second-order valence-corrected chi connectivity index (χ2v) is 9.78. The minimum atomic E-state index is 0.349. The predicted molar refractivity (Wildman–Crippen MR) is 89.9 cm³/mol. The molecule has 0 aromatic carbocycles. The average Bonchev–Trinajstić information content (AvgIpc) is 3.14. The van der Waals surface area contributed by atoms with Crippen LogP contribution in [0.3, 0.4) is 0 Å². The molecule has 22 heavy (non-hydrogen) atoms. The second-order valence-electron chi connectivity index (χ2n) is 9.78. The van der Waals surface area contributed by atoms with Crippen molar-refractivity contribution in [3.05, 3.63) is 11.1 Å². The third kappa shape index (κ3) is 1.50. The van der Waals surface area contributed by atoms with E-state index in [-0.39, 0.29) is 0 Å². The monoisotopic (exact) mass is 301 g/mol. The van der Waals surface area contributed by atoms with E-state index >= 15 is 0 Å². The smallest absolute Gasteiger partial charge is 0.0864 e. The van der Waals surface area contributed by atoms with Crippen molar-refractivity contribution in [2.24, 2.45) is 51.5 Å². The lowest BCUT2D eigenvalue weighted by Crippen LogP contribution is -2.37. The van der Waals surface area contributed by atoms with Gasteiger partial charge in [-0.3, -0.25) is 0 Å². The Balaban J connectivity index is 1.81. The Morgan fingerprint density at radius 2 is 1.59 bits per heavy atom. The molecule has 2 nitrogen and oxygen atoms in total. The number of oxime groups is 1. The molecule has 4 fully saturated rings. The van der Waals surface area contributed by atoms with Gasteiger partial charge >= 0.3 is 0 Å². The van der Waals surface area contributed by atoms with Crippen LogP contribution in [0.2, 0.25) is 0 Å². The number of hydrogen-bond donors (Lipinski definition) is 1. The van der Waals surface area contributed by atoms with Crippen LogP contribution in [0, 0.1) is 46.3 Å². The van der Waals surface area contributed by atoms with Crippen LogP contribution in [0.25, 0.3) is 0 Å². The molecule has 4 rings (SSSR count). The van der Waals surface area contributed by atoms with Crippen LogP contribution in [0.4, 0.5) is 0 Å². The quantitative estimate of drug-likeness (QED) is 0.488. The average molecular weight is 301 g/mol. The van der Waals surface area contributed by atoms with Crippen molar-refractivity contribution < 1.29 is 5.21 Å². The number of nitrogens with zero attached hydrogens (tertiary/aromatic N) is 1. The fourth-order valence-electron chi connectivity index (χ4n) is 6.55. The lowest BCUT2D eigenvalue weighted by molar-refractivity contribution is 0.160. The fourth-order valence-corrected chi connectivity index (χ4v) is 6.55. The molecule has 0 aliphatic heterocycles. The molecule has 0 aromatic heterocycles. The maximum Gasteiger partial charge on any atom is 0.0864 e. The zero-order chi connectivity index (χ0) is 16.0. The van der Waals surface area contributed by atoms with Gasteiger partial charge in [0.1, 0.15) is 0 Å². The van der Waals surface area contributed by atoms with E-state index < -0.39 is 0 Å². The van der Waals surface area contributed by atoms with E-state index in [1.54, 1.807) is 5.57 Å². The minimum Gasteiger partial charge on any atom is -0.411 e. The van der Waals surface area contributed by atoms with E-state index in [0.29, 0.717) is 28.6 Å². The molecule has 0 spiro atoms. The number of rotatable bonds is 0. The van der Waals surface area contributed by atoms with E-state index in [2.05, 4.69) is 46.7 Å². The molecule has 4 bridgehead atoms. The molecular weight excluding hydrogens is 270 g/mol. The molecule has 0 aromatic rings. The maximum atomic E-state index is 9.70. The summed E-state index contributed by atoms with van der Waals surface area (Å²) in [6.45, 7) is 14.6. The highest BCUT2D eigenvalue weighted by Gasteiger charge is 2.60. The van der Waals surface area contributed by atoms with Crippen LogP contribution in [0.5, 0.6) is 0 Å². The SMILES string of the molecule is C[C@H]1[C@@H]2C[C@@H](C/C2=C2/C(=N\O)[C@H]3C[C@@H]2C(C)(C)[C@H]3C)C1(C)C. The number of allylic oxidation sites excluding steroid dienone is 2. The molecule has 6 atom stereocenters. The van der Waals surface area contributed by atoms with Crippen LogP contribution in [-0.4, -0.2) is 10.9 Å². The first-order chi connectivity index (χ1) is 10.2. The third-order valence-electron chi connectivity index (χ3n) is 8.88. The van der Waals surface area contributed by atoms with Crippen LogP contribution in [0.15, 0.2) is 16.3 Å². The summed E-state index contributed by atoms with van der Waals surface area (Å²) in [5.74, 6) is 4.04. The summed E-state index contributed by atoms with van der Waals surface area (Å²) in [6, 6.07) is 0. The Morgan fingerprint density at radius 1 is 0.955 bits per heavy atom. The first-order valence-corrected chi connectivity index (χ1v) is 9.16. The highest BCUT2D eigenvalue weighted by atomic mass is 16.4. The van der Waals surface area contributed by atoms with Crippen molar-refractivity contribution in [1.82, 2.24) is 0 Å². The molecule has 4 aliphatic carbocycles. The van der Waals surface area contributed by atoms with Gasteiger partial charge in [-0.1, -0.05) is 52.3 Å². The first kappa shape index (κ1) is 14.8. The van der Waals surface area contributed by atoms with Crippen molar-refractivity contribution in [3.63, 3.8) is 0 Å². The molecule has 0 radical (unpaired) electrons. The standard InChI is InChI=1S/C20H31NO/c1-10-13-7-12(19(10,3)4)8-15(13)17-16-9-14(18(17)21-22)11(2)20(16,5)6/h10-14,16,22H,7-9H2,1-6H3/b17-15-,21-18-/t10-,11-,12-,13-,14-,16-/m0/s1. The second kappa shape index (κ2) is 4.19. The van der Waals surface area contributed by atoms with Gasteiger partial charge in [-0.25, -0.2) is 0 Å². The van der Waals surface area contributed by atoms with Crippen LogP contribution in [-0.2, 0) is 0 Å². The lowest BCUT2D eigenvalue weighted by atomic mass is 9.62. The Hall–Kier alpha value is -0.790. The first-order valence-electron chi connectivity index (χ1n) is 9.16. The molecule has 0 unspecified atom stereocenters. The lowest BCUT2D eigenvalue weighted by Gasteiger charge is -2.42. The zero-order valence-electron chi connectivity index (χ0n) is 15.0. The van der Waals surface area contributed by atoms with Gasteiger partial charge in [0.15, 0.2) is 0 Å². The van der Waals surface area contributed by atoms with Gasteiger partial charge in [-0.2, -0.15) is 0 Å². The Morgan fingerprint density at radius 3 is 2.14 bits per heavy atom. The van der Waals surface area contributed by atoms with Crippen molar-refractivity contribution >= 4 is 5.71 Å². The van der Waals surface area contributed by atoms with Crippen molar-refractivity contribution in [3.8, 4) is 0 Å². The van der Waals surface area contributed by atoms with Gasteiger partial charge in [0.05, 0.1) is 5.71 Å². The van der Waals surface area contributed by atoms with Gasteiger partial charge in [0.2, 0.25) is 0 Å². The largest absolute Gasteiger partial charge is 0.411 e. The highest BCUT2D eigenvalue weighted by Crippen LogP contribution is 2.66. The number of fused-ring (bicyclic) bond motifs is 4. The normalized spacial score (nSPS) is 52.9. The summed E-state index contributed by atoms with van der Waals surface area (Å²) in [6.07, 6.45) is 3.82. The molecular formula is C20H31NO. The summed E-state index contributed by atoms with van der Waals surface area (Å²) < 4.78 is 0. The molecule has 4 aliphatic rings. The Bertz CT molecular complexity index is 579. The Kier molecular flexibility index (Phi) is 2.81. The molecule has 0 amide bonds. The van der Waals surface area contributed by atoms with Gasteiger partial charge in [0.25, 0.3) is 0 Å². The summed E-state index contributed by atoms with van der Waals surface area (Å²) in [5, 5.41) is 13.5. The van der Waals surface area contributed by atoms with Crippen molar-refractivity contribution in [1.29, 1.82) is 0 Å². The van der Waals surface area contributed by atoms with E-state index in [4.69, 9.17) is 0 Å².